The summed E-state index contributed by atoms with van der Waals surface area (Å²) in [7, 11) is 1.84. The zero-order chi connectivity index (χ0) is 13.3. The van der Waals surface area contributed by atoms with Crippen molar-refractivity contribution in [2.24, 2.45) is 7.05 Å². The summed E-state index contributed by atoms with van der Waals surface area (Å²) in [6, 6.07) is 0. The topological polar surface area (TPSA) is 58.4 Å². The van der Waals surface area contributed by atoms with Gasteiger partial charge in [-0.25, -0.2) is 0 Å². The highest BCUT2D eigenvalue weighted by Crippen LogP contribution is 2.22. The quantitative estimate of drug-likeness (QED) is 0.704. The Kier molecular flexibility index (Phi) is 3.36. The van der Waals surface area contributed by atoms with Gasteiger partial charge < -0.3 is 9.80 Å². The molecule has 0 radical (unpaired) electrons. The number of anilines is 1. The van der Waals surface area contributed by atoms with Crippen molar-refractivity contribution in [3.05, 3.63) is 11.3 Å². The number of piperazine rings is 1. The van der Waals surface area contributed by atoms with Gasteiger partial charge in [-0.3, -0.25) is 14.3 Å². The van der Waals surface area contributed by atoms with E-state index in [1.165, 1.54) is 0 Å². The molecule has 2 rings (SSSR count). The second-order valence-electron chi connectivity index (χ2n) is 4.56. The van der Waals surface area contributed by atoms with Crippen LogP contribution < -0.4 is 4.90 Å². The van der Waals surface area contributed by atoms with Gasteiger partial charge in [0.05, 0.1) is 11.3 Å². The summed E-state index contributed by atoms with van der Waals surface area (Å²) in [5, 5.41) is 4.27. The van der Waals surface area contributed by atoms with E-state index in [-0.39, 0.29) is 5.91 Å². The predicted molar refractivity (Wildman–Crippen MR) is 67.8 cm³/mol. The lowest BCUT2D eigenvalue weighted by Crippen LogP contribution is -2.48. The maximum Gasteiger partial charge on any atom is 0.219 e. The Morgan fingerprint density at radius 1 is 1.28 bits per heavy atom. The third-order valence-corrected chi connectivity index (χ3v) is 3.38. The number of aldehydes is 1. The Morgan fingerprint density at radius 2 is 1.89 bits per heavy atom. The van der Waals surface area contributed by atoms with E-state index in [4.69, 9.17) is 0 Å². The van der Waals surface area contributed by atoms with Crippen molar-refractivity contribution in [2.75, 3.05) is 31.1 Å². The van der Waals surface area contributed by atoms with Crippen LogP contribution in [0.25, 0.3) is 0 Å². The molecule has 0 aromatic carbocycles. The molecular weight excluding hydrogens is 232 g/mol. The fourth-order valence-electron chi connectivity index (χ4n) is 2.41. The molecule has 0 atom stereocenters. The fourth-order valence-corrected chi connectivity index (χ4v) is 2.41. The lowest BCUT2D eigenvalue weighted by atomic mass is 10.2. The van der Waals surface area contributed by atoms with Gasteiger partial charge in [-0.1, -0.05) is 0 Å². The van der Waals surface area contributed by atoms with E-state index in [1.54, 1.807) is 11.6 Å². The first kappa shape index (κ1) is 12.6. The number of rotatable bonds is 2. The first-order valence-electron chi connectivity index (χ1n) is 6.04. The van der Waals surface area contributed by atoms with Crippen LogP contribution in [0.2, 0.25) is 0 Å². The third-order valence-electron chi connectivity index (χ3n) is 3.38. The minimum Gasteiger partial charge on any atom is -0.353 e. The van der Waals surface area contributed by atoms with Crippen LogP contribution in [0.3, 0.4) is 0 Å². The number of aryl methyl sites for hydroxylation is 2. The molecule has 1 fully saturated rings. The van der Waals surface area contributed by atoms with Gasteiger partial charge in [0, 0.05) is 40.2 Å². The number of carbonyl (C=O) groups excluding carboxylic acids is 2. The maximum atomic E-state index is 11.3. The number of nitrogens with zero attached hydrogens (tertiary/aromatic N) is 4. The highest BCUT2D eigenvalue weighted by molar-refractivity contribution is 5.85. The molecule has 0 aliphatic carbocycles. The molecule has 0 N–H and O–H groups in total. The molecule has 18 heavy (non-hydrogen) atoms. The highest BCUT2D eigenvalue weighted by atomic mass is 16.2. The van der Waals surface area contributed by atoms with Crippen molar-refractivity contribution in [1.82, 2.24) is 14.7 Å². The van der Waals surface area contributed by atoms with Crippen molar-refractivity contribution in [3.63, 3.8) is 0 Å². The third kappa shape index (κ3) is 2.10. The zero-order valence-corrected chi connectivity index (χ0v) is 11.0. The SMILES string of the molecule is CC(=O)N1CCN(c2c(C=O)c(C)nn2C)CC1. The van der Waals surface area contributed by atoms with Gasteiger partial charge in [0.2, 0.25) is 5.91 Å². The molecule has 1 aliphatic heterocycles. The molecule has 0 unspecified atom stereocenters. The summed E-state index contributed by atoms with van der Waals surface area (Å²) in [5.74, 6) is 0.956. The van der Waals surface area contributed by atoms with Crippen LogP contribution in [0, 0.1) is 6.92 Å². The van der Waals surface area contributed by atoms with Gasteiger partial charge in [0.25, 0.3) is 0 Å². The van der Waals surface area contributed by atoms with Crippen molar-refractivity contribution in [1.29, 1.82) is 0 Å². The van der Waals surface area contributed by atoms with Crippen LogP contribution in [0.1, 0.15) is 23.0 Å². The summed E-state index contributed by atoms with van der Waals surface area (Å²) >= 11 is 0. The van der Waals surface area contributed by atoms with Gasteiger partial charge in [-0.15, -0.1) is 0 Å². The van der Waals surface area contributed by atoms with Crippen molar-refractivity contribution < 1.29 is 9.59 Å². The van der Waals surface area contributed by atoms with Gasteiger partial charge in [-0.2, -0.15) is 5.10 Å². The first-order valence-corrected chi connectivity index (χ1v) is 6.04. The van der Waals surface area contributed by atoms with Crippen LogP contribution in [0.5, 0.6) is 0 Å². The summed E-state index contributed by atoms with van der Waals surface area (Å²) in [5.41, 5.74) is 1.39. The lowest BCUT2D eigenvalue weighted by molar-refractivity contribution is -0.129. The standard InChI is InChI=1S/C12H18N4O2/c1-9-11(8-17)12(14(3)13-9)16-6-4-15(5-7-16)10(2)18/h8H,4-7H2,1-3H3. The smallest absolute Gasteiger partial charge is 0.219 e. The van der Waals surface area contributed by atoms with Gasteiger partial charge in [0.1, 0.15) is 5.82 Å². The van der Waals surface area contributed by atoms with E-state index in [0.717, 1.165) is 30.9 Å². The van der Waals surface area contributed by atoms with Crippen molar-refractivity contribution >= 4 is 18.0 Å². The maximum absolute atomic E-state index is 11.3. The molecule has 0 bridgehead atoms. The summed E-state index contributed by atoms with van der Waals surface area (Å²) < 4.78 is 1.74. The monoisotopic (exact) mass is 250 g/mol. The Bertz CT molecular complexity index is 473. The Morgan fingerprint density at radius 3 is 2.39 bits per heavy atom. The summed E-state index contributed by atoms with van der Waals surface area (Å²) in [6.45, 7) is 6.27. The minimum atomic E-state index is 0.103. The molecule has 0 saturated carbocycles. The van der Waals surface area contributed by atoms with E-state index in [0.29, 0.717) is 18.7 Å². The fraction of sp³-hybridized carbons (Fsp3) is 0.583. The molecule has 1 aliphatic rings. The number of hydrogen-bond donors (Lipinski definition) is 0. The zero-order valence-electron chi connectivity index (χ0n) is 11.0. The summed E-state index contributed by atoms with van der Waals surface area (Å²) in [4.78, 5) is 26.3. The van der Waals surface area contributed by atoms with Crippen molar-refractivity contribution in [2.45, 2.75) is 13.8 Å². The van der Waals surface area contributed by atoms with Crippen LogP contribution in [0.15, 0.2) is 0 Å². The first-order chi connectivity index (χ1) is 8.54. The number of carbonyl (C=O) groups is 2. The van der Waals surface area contributed by atoms with E-state index in [2.05, 4.69) is 10.00 Å². The van der Waals surface area contributed by atoms with E-state index in [1.807, 2.05) is 18.9 Å². The molecule has 1 amide bonds. The molecule has 98 valence electrons. The van der Waals surface area contributed by atoms with Crippen molar-refractivity contribution in [3.8, 4) is 0 Å². The molecule has 2 heterocycles. The Balaban J connectivity index is 2.19. The van der Waals surface area contributed by atoms with E-state index in [9.17, 15) is 9.59 Å². The Hall–Kier alpha value is -1.85. The van der Waals surface area contributed by atoms with E-state index < -0.39 is 0 Å². The van der Waals surface area contributed by atoms with Crippen LogP contribution in [-0.4, -0.2) is 53.1 Å². The van der Waals surface area contributed by atoms with Crippen LogP contribution >= 0.6 is 0 Å². The predicted octanol–water partition coefficient (Wildman–Crippen LogP) is 0.210. The van der Waals surface area contributed by atoms with Crippen LogP contribution in [-0.2, 0) is 11.8 Å². The molecule has 1 aromatic rings. The largest absolute Gasteiger partial charge is 0.353 e. The van der Waals surface area contributed by atoms with Gasteiger partial charge in [-0.05, 0) is 6.92 Å². The highest BCUT2D eigenvalue weighted by Gasteiger charge is 2.24. The van der Waals surface area contributed by atoms with Gasteiger partial charge in [0.15, 0.2) is 6.29 Å². The molecule has 0 spiro atoms. The van der Waals surface area contributed by atoms with Gasteiger partial charge >= 0.3 is 0 Å². The lowest BCUT2D eigenvalue weighted by Gasteiger charge is -2.35. The minimum absolute atomic E-state index is 0.103. The molecular formula is C12H18N4O2. The Labute approximate surface area is 106 Å². The molecule has 1 saturated heterocycles. The second kappa shape index (κ2) is 4.80. The molecule has 6 heteroatoms. The average Bonchev–Trinajstić information content (AvgIpc) is 2.63. The normalized spacial score (nSPS) is 15.9. The number of aromatic nitrogens is 2. The number of hydrogen-bond acceptors (Lipinski definition) is 4. The average molecular weight is 250 g/mol. The second-order valence-corrected chi connectivity index (χ2v) is 4.56. The molecule has 1 aromatic heterocycles. The molecule has 6 nitrogen and oxygen atoms in total. The van der Waals surface area contributed by atoms with E-state index >= 15 is 0 Å². The van der Waals surface area contributed by atoms with Crippen LogP contribution in [0.4, 0.5) is 5.82 Å². The summed E-state index contributed by atoms with van der Waals surface area (Å²) in [6.07, 6.45) is 0.856. The number of amides is 1.